The first-order valence-corrected chi connectivity index (χ1v) is 7.43. The maximum absolute atomic E-state index is 12.0. The summed E-state index contributed by atoms with van der Waals surface area (Å²) in [5, 5.41) is 15.0. The molecule has 2 N–H and O–H groups in total. The summed E-state index contributed by atoms with van der Waals surface area (Å²) in [5.74, 6) is 0.392. The molecule has 0 unspecified atom stereocenters. The maximum atomic E-state index is 12.0. The van der Waals surface area contributed by atoms with Crippen LogP contribution in [0.5, 0.6) is 5.75 Å². The highest BCUT2D eigenvalue weighted by molar-refractivity contribution is 7.80. The number of rotatable bonds is 4. The summed E-state index contributed by atoms with van der Waals surface area (Å²) in [6, 6.07) is 6.75. The van der Waals surface area contributed by atoms with Gasteiger partial charge in [0.2, 0.25) is 5.13 Å². The second kappa shape index (κ2) is 7.09. The second-order valence-electron chi connectivity index (χ2n) is 3.99. The van der Waals surface area contributed by atoms with Gasteiger partial charge in [0.05, 0.1) is 7.11 Å². The number of aromatic nitrogens is 2. The van der Waals surface area contributed by atoms with Crippen LogP contribution in [0.1, 0.15) is 22.3 Å². The van der Waals surface area contributed by atoms with Crippen LogP contribution in [0.3, 0.4) is 0 Å². The molecular weight excluding hydrogens is 308 g/mol. The van der Waals surface area contributed by atoms with Crippen molar-refractivity contribution in [3.05, 3.63) is 34.8 Å². The van der Waals surface area contributed by atoms with Crippen LogP contribution in [0.2, 0.25) is 0 Å². The normalized spacial score (nSPS) is 10.0. The van der Waals surface area contributed by atoms with Crippen molar-refractivity contribution in [3.8, 4) is 5.75 Å². The Labute approximate surface area is 131 Å². The van der Waals surface area contributed by atoms with Gasteiger partial charge in [-0.3, -0.25) is 10.1 Å². The minimum absolute atomic E-state index is 0.189. The fourth-order valence-electron chi connectivity index (χ4n) is 1.49. The molecule has 1 aromatic heterocycles. The molecule has 1 aromatic carbocycles. The number of amides is 1. The van der Waals surface area contributed by atoms with Crippen LogP contribution < -0.4 is 15.4 Å². The third-order valence-corrected chi connectivity index (χ3v) is 3.76. The highest BCUT2D eigenvalue weighted by Crippen LogP contribution is 2.15. The molecule has 21 heavy (non-hydrogen) atoms. The number of carbonyl (C=O) groups excluding carboxylic acids is 1. The summed E-state index contributed by atoms with van der Waals surface area (Å²) >= 11 is 6.48. The number of nitrogens with zero attached hydrogens (tertiary/aromatic N) is 2. The first-order valence-electron chi connectivity index (χ1n) is 6.21. The molecule has 0 aliphatic rings. The topological polar surface area (TPSA) is 76.1 Å². The van der Waals surface area contributed by atoms with Gasteiger partial charge in [0.15, 0.2) is 5.11 Å². The fraction of sp³-hybridized carbons (Fsp3) is 0.231. The van der Waals surface area contributed by atoms with Crippen molar-refractivity contribution >= 4 is 39.7 Å². The Morgan fingerprint density at radius 1 is 1.33 bits per heavy atom. The van der Waals surface area contributed by atoms with E-state index in [0.29, 0.717) is 16.4 Å². The molecule has 1 heterocycles. The quantitative estimate of drug-likeness (QED) is 0.841. The maximum Gasteiger partial charge on any atom is 0.257 e. The van der Waals surface area contributed by atoms with E-state index < -0.39 is 0 Å². The average Bonchev–Trinajstić information content (AvgIpc) is 2.94. The lowest BCUT2D eigenvalue weighted by molar-refractivity contribution is 0.0977. The molecule has 0 saturated carbocycles. The molecule has 0 aliphatic carbocycles. The van der Waals surface area contributed by atoms with Crippen LogP contribution >= 0.6 is 23.6 Å². The van der Waals surface area contributed by atoms with Crippen molar-refractivity contribution in [2.45, 2.75) is 13.3 Å². The number of hydrogen-bond donors (Lipinski definition) is 2. The van der Waals surface area contributed by atoms with Gasteiger partial charge in [-0.05, 0) is 42.9 Å². The summed E-state index contributed by atoms with van der Waals surface area (Å²) in [4.78, 5) is 12.0. The molecule has 0 aliphatic heterocycles. The van der Waals surface area contributed by atoms with E-state index in [0.717, 1.165) is 11.4 Å². The first kappa shape index (κ1) is 15.3. The number of anilines is 1. The van der Waals surface area contributed by atoms with Crippen LogP contribution in [-0.2, 0) is 6.42 Å². The van der Waals surface area contributed by atoms with E-state index in [1.807, 2.05) is 6.92 Å². The van der Waals surface area contributed by atoms with Crippen LogP contribution in [0.25, 0.3) is 0 Å². The molecule has 0 saturated heterocycles. The standard InChI is InChI=1S/C13H14N4O2S2/c1-3-10-16-17-13(21-10)15-12(20)14-11(18)8-4-6-9(19-2)7-5-8/h4-7H,3H2,1-2H3,(H2,14,15,17,18,20). The Balaban J connectivity index is 1.93. The summed E-state index contributed by atoms with van der Waals surface area (Å²) in [6.07, 6.45) is 0.810. The summed E-state index contributed by atoms with van der Waals surface area (Å²) in [7, 11) is 1.57. The first-order chi connectivity index (χ1) is 10.1. The van der Waals surface area contributed by atoms with E-state index in [2.05, 4.69) is 20.8 Å². The van der Waals surface area contributed by atoms with E-state index in [-0.39, 0.29) is 11.0 Å². The lowest BCUT2D eigenvalue weighted by atomic mass is 10.2. The Morgan fingerprint density at radius 2 is 2.05 bits per heavy atom. The summed E-state index contributed by atoms with van der Waals surface area (Å²) in [5.41, 5.74) is 0.492. The zero-order valence-electron chi connectivity index (χ0n) is 11.5. The predicted octanol–water partition coefficient (Wildman–Crippen LogP) is 2.24. The van der Waals surface area contributed by atoms with Crippen molar-refractivity contribution in [1.82, 2.24) is 15.5 Å². The highest BCUT2D eigenvalue weighted by Gasteiger charge is 2.10. The molecule has 110 valence electrons. The molecule has 2 rings (SSSR count). The van der Waals surface area contributed by atoms with Crippen LogP contribution in [0, 0.1) is 0 Å². The number of methoxy groups -OCH3 is 1. The van der Waals surface area contributed by atoms with Gasteiger partial charge in [-0.2, -0.15) is 0 Å². The van der Waals surface area contributed by atoms with E-state index >= 15 is 0 Å². The zero-order chi connectivity index (χ0) is 15.2. The Kier molecular flexibility index (Phi) is 5.18. The zero-order valence-corrected chi connectivity index (χ0v) is 13.2. The van der Waals surface area contributed by atoms with Crippen molar-refractivity contribution in [2.75, 3.05) is 12.4 Å². The monoisotopic (exact) mass is 322 g/mol. The number of benzene rings is 1. The van der Waals surface area contributed by atoms with Crippen molar-refractivity contribution in [1.29, 1.82) is 0 Å². The lowest BCUT2D eigenvalue weighted by Crippen LogP contribution is -2.34. The molecule has 2 aromatic rings. The number of aryl methyl sites for hydroxylation is 1. The van der Waals surface area contributed by atoms with Crippen molar-refractivity contribution in [3.63, 3.8) is 0 Å². The SMILES string of the molecule is CCc1nnc(NC(=S)NC(=O)c2ccc(OC)cc2)s1. The highest BCUT2D eigenvalue weighted by atomic mass is 32.1. The summed E-state index contributed by atoms with van der Waals surface area (Å²) < 4.78 is 5.04. The molecular formula is C13H14N4O2S2. The van der Waals surface area contributed by atoms with Crippen LogP contribution in [-0.4, -0.2) is 28.3 Å². The molecule has 0 atom stereocenters. The van der Waals surface area contributed by atoms with Crippen molar-refractivity contribution in [2.24, 2.45) is 0 Å². The smallest absolute Gasteiger partial charge is 0.257 e. The second-order valence-corrected chi connectivity index (χ2v) is 5.46. The van der Waals surface area contributed by atoms with Crippen LogP contribution in [0.15, 0.2) is 24.3 Å². The average molecular weight is 322 g/mol. The van der Waals surface area contributed by atoms with E-state index in [1.54, 1.807) is 31.4 Å². The Morgan fingerprint density at radius 3 is 2.62 bits per heavy atom. The molecule has 0 radical (unpaired) electrons. The number of nitrogens with one attached hydrogen (secondary N) is 2. The van der Waals surface area contributed by atoms with Gasteiger partial charge in [-0.25, -0.2) is 0 Å². The lowest BCUT2D eigenvalue weighted by Gasteiger charge is -2.07. The molecule has 0 bridgehead atoms. The third-order valence-electron chi connectivity index (χ3n) is 2.57. The predicted molar refractivity (Wildman–Crippen MR) is 86.0 cm³/mol. The van der Waals surface area contributed by atoms with Gasteiger partial charge in [0, 0.05) is 5.56 Å². The largest absolute Gasteiger partial charge is 0.497 e. The van der Waals surface area contributed by atoms with Gasteiger partial charge in [-0.15, -0.1) is 10.2 Å². The van der Waals surface area contributed by atoms with Gasteiger partial charge >= 0.3 is 0 Å². The van der Waals surface area contributed by atoms with Gasteiger partial charge < -0.3 is 10.1 Å². The van der Waals surface area contributed by atoms with Gasteiger partial charge in [0.1, 0.15) is 10.8 Å². The minimum Gasteiger partial charge on any atom is -0.497 e. The Bertz CT molecular complexity index is 640. The molecule has 0 fully saturated rings. The molecule has 6 nitrogen and oxygen atoms in total. The van der Waals surface area contributed by atoms with Gasteiger partial charge in [-0.1, -0.05) is 18.3 Å². The minimum atomic E-state index is -0.296. The molecule has 8 heteroatoms. The molecule has 0 spiro atoms. The Hall–Kier alpha value is -2.06. The number of ether oxygens (including phenoxy) is 1. The molecule has 1 amide bonds. The third kappa shape index (κ3) is 4.20. The number of carbonyl (C=O) groups is 1. The van der Waals surface area contributed by atoms with E-state index in [9.17, 15) is 4.79 Å². The number of hydrogen-bond acceptors (Lipinski definition) is 6. The van der Waals surface area contributed by atoms with Gasteiger partial charge in [0.25, 0.3) is 5.91 Å². The van der Waals surface area contributed by atoms with E-state index in [1.165, 1.54) is 11.3 Å². The summed E-state index contributed by atoms with van der Waals surface area (Å²) in [6.45, 7) is 1.99. The number of thiocarbonyl (C=S) groups is 1. The fourth-order valence-corrected chi connectivity index (χ4v) is 2.43. The van der Waals surface area contributed by atoms with E-state index in [4.69, 9.17) is 17.0 Å². The van der Waals surface area contributed by atoms with Crippen LogP contribution in [0.4, 0.5) is 5.13 Å². The van der Waals surface area contributed by atoms with Crippen molar-refractivity contribution < 1.29 is 9.53 Å².